The summed E-state index contributed by atoms with van der Waals surface area (Å²) in [6, 6.07) is 3.55. The third-order valence-corrected chi connectivity index (χ3v) is 2.32. The number of hydrogen-bond donors (Lipinski definition) is 1. The zero-order valence-corrected chi connectivity index (χ0v) is 11.2. The number of carbonyl (C=O) groups is 1. The van der Waals surface area contributed by atoms with Gasteiger partial charge in [-0.1, -0.05) is 15.9 Å². The lowest BCUT2D eigenvalue weighted by Crippen LogP contribution is -2.31. The standard InChI is InChI=1S/C11H11BrF3NO2/c1-6(2)16-10(17)8-5-7(12)3-4-9(8)18-11(13,14)15/h3-6H,1-2H3,(H,16,17). The fourth-order valence-electron chi connectivity index (χ4n) is 1.23. The number of rotatable bonds is 3. The Morgan fingerprint density at radius 2 is 2.00 bits per heavy atom. The molecule has 0 unspecified atom stereocenters. The van der Waals surface area contributed by atoms with Crippen LogP contribution >= 0.6 is 15.9 Å². The fraction of sp³-hybridized carbons (Fsp3) is 0.364. The highest BCUT2D eigenvalue weighted by Gasteiger charge is 2.33. The van der Waals surface area contributed by atoms with Crippen molar-refractivity contribution in [1.29, 1.82) is 0 Å². The van der Waals surface area contributed by atoms with E-state index in [1.807, 2.05) is 0 Å². The summed E-state index contributed by atoms with van der Waals surface area (Å²) in [6.45, 7) is 3.42. The third kappa shape index (κ3) is 4.56. The molecule has 0 spiro atoms. The van der Waals surface area contributed by atoms with Gasteiger partial charge in [-0.15, -0.1) is 13.2 Å². The van der Waals surface area contributed by atoms with E-state index in [0.717, 1.165) is 6.07 Å². The molecule has 0 fully saturated rings. The fourth-order valence-corrected chi connectivity index (χ4v) is 1.59. The summed E-state index contributed by atoms with van der Waals surface area (Å²) in [6.07, 6.45) is -4.83. The number of alkyl halides is 3. The Hall–Kier alpha value is -1.24. The highest BCUT2D eigenvalue weighted by molar-refractivity contribution is 9.10. The Bertz CT molecular complexity index is 446. The lowest BCUT2D eigenvalue weighted by atomic mass is 10.2. The highest BCUT2D eigenvalue weighted by Crippen LogP contribution is 2.28. The lowest BCUT2D eigenvalue weighted by Gasteiger charge is -2.14. The van der Waals surface area contributed by atoms with Gasteiger partial charge in [0.05, 0.1) is 5.56 Å². The van der Waals surface area contributed by atoms with Crippen molar-refractivity contribution in [3.63, 3.8) is 0 Å². The van der Waals surface area contributed by atoms with Gasteiger partial charge in [-0.05, 0) is 32.0 Å². The van der Waals surface area contributed by atoms with E-state index >= 15 is 0 Å². The van der Waals surface area contributed by atoms with E-state index in [2.05, 4.69) is 26.0 Å². The second-order valence-electron chi connectivity index (χ2n) is 3.82. The van der Waals surface area contributed by atoms with Crippen molar-refractivity contribution in [1.82, 2.24) is 5.32 Å². The van der Waals surface area contributed by atoms with E-state index < -0.39 is 18.0 Å². The number of benzene rings is 1. The predicted octanol–water partition coefficient (Wildman–Crippen LogP) is 3.49. The Morgan fingerprint density at radius 1 is 1.39 bits per heavy atom. The maximum atomic E-state index is 12.2. The van der Waals surface area contributed by atoms with Crippen LogP contribution in [0.1, 0.15) is 24.2 Å². The first kappa shape index (κ1) is 14.8. The molecular weight excluding hydrogens is 315 g/mol. The molecule has 0 bridgehead atoms. The second kappa shape index (κ2) is 5.60. The van der Waals surface area contributed by atoms with E-state index in [4.69, 9.17) is 0 Å². The van der Waals surface area contributed by atoms with E-state index in [-0.39, 0.29) is 11.6 Å². The van der Waals surface area contributed by atoms with Gasteiger partial charge in [0.15, 0.2) is 0 Å². The molecule has 100 valence electrons. The minimum absolute atomic E-state index is 0.171. The average molecular weight is 326 g/mol. The Kier molecular flexibility index (Phi) is 4.61. The number of carbonyl (C=O) groups excluding carboxylic acids is 1. The molecule has 0 heterocycles. The van der Waals surface area contributed by atoms with Crippen LogP contribution in [-0.2, 0) is 0 Å². The molecule has 0 atom stereocenters. The zero-order valence-electron chi connectivity index (χ0n) is 9.64. The molecular formula is C11H11BrF3NO2. The van der Waals surface area contributed by atoms with Crippen molar-refractivity contribution < 1.29 is 22.7 Å². The maximum Gasteiger partial charge on any atom is 0.573 e. The molecule has 0 aliphatic carbocycles. The van der Waals surface area contributed by atoms with E-state index in [9.17, 15) is 18.0 Å². The predicted molar refractivity (Wildman–Crippen MR) is 63.4 cm³/mol. The van der Waals surface area contributed by atoms with Gasteiger partial charge < -0.3 is 10.1 Å². The quantitative estimate of drug-likeness (QED) is 0.923. The van der Waals surface area contributed by atoms with Gasteiger partial charge in [-0.2, -0.15) is 0 Å². The van der Waals surface area contributed by atoms with Crippen LogP contribution < -0.4 is 10.1 Å². The van der Waals surface area contributed by atoms with Gasteiger partial charge in [0.2, 0.25) is 0 Å². The number of hydrogen-bond acceptors (Lipinski definition) is 2. The van der Waals surface area contributed by atoms with Gasteiger partial charge in [-0.3, -0.25) is 4.79 Å². The van der Waals surface area contributed by atoms with Crippen molar-refractivity contribution in [2.24, 2.45) is 0 Å². The molecule has 1 N–H and O–H groups in total. The van der Waals surface area contributed by atoms with Crippen LogP contribution in [0.3, 0.4) is 0 Å². The smallest absolute Gasteiger partial charge is 0.405 e. The SMILES string of the molecule is CC(C)NC(=O)c1cc(Br)ccc1OC(F)(F)F. The first-order valence-electron chi connectivity index (χ1n) is 5.05. The monoisotopic (exact) mass is 325 g/mol. The zero-order chi connectivity index (χ0) is 13.9. The number of halogens is 4. The molecule has 1 amide bonds. The summed E-state index contributed by atoms with van der Waals surface area (Å²) in [5, 5.41) is 2.51. The van der Waals surface area contributed by atoms with Crippen molar-refractivity contribution in [2.75, 3.05) is 0 Å². The normalized spacial score (nSPS) is 11.5. The third-order valence-electron chi connectivity index (χ3n) is 1.83. The van der Waals surface area contributed by atoms with E-state index in [1.165, 1.54) is 12.1 Å². The summed E-state index contributed by atoms with van der Waals surface area (Å²) in [5.74, 6) is -1.14. The van der Waals surface area contributed by atoms with Crippen LogP contribution in [0, 0.1) is 0 Å². The highest BCUT2D eigenvalue weighted by atomic mass is 79.9. The first-order valence-corrected chi connectivity index (χ1v) is 5.84. The average Bonchev–Trinajstić information content (AvgIpc) is 2.17. The Morgan fingerprint density at radius 3 is 2.50 bits per heavy atom. The van der Waals surface area contributed by atoms with Gasteiger partial charge >= 0.3 is 6.36 Å². The van der Waals surface area contributed by atoms with Crippen LogP contribution in [-0.4, -0.2) is 18.3 Å². The van der Waals surface area contributed by atoms with Crippen LogP contribution in [0.5, 0.6) is 5.75 Å². The molecule has 3 nitrogen and oxygen atoms in total. The van der Waals surface area contributed by atoms with Gasteiger partial charge in [0.1, 0.15) is 5.75 Å². The van der Waals surface area contributed by atoms with Crippen LogP contribution in [0.25, 0.3) is 0 Å². The maximum absolute atomic E-state index is 12.2. The minimum Gasteiger partial charge on any atom is -0.405 e. The first-order chi connectivity index (χ1) is 8.19. The molecule has 1 aromatic rings. The molecule has 18 heavy (non-hydrogen) atoms. The van der Waals surface area contributed by atoms with E-state index in [1.54, 1.807) is 13.8 Å². The molecule has 7 heteroatoms. The van der Waals surface area contributed by atoms with Crippen molar-refractivity contribution >= 4 is 21.8 Å². The Labute approximate surface area is 110 Å². The summed E-state index contributed by atoms with van der Waals surface area (Å²) in [4.78, 5) is 11.7. The molecule has 0 saturated heterocycles. The topological polar surface area (TPSA) is 38.3 Å². The number of ether oxygens (including phenoxy) is 1. The van der Waals surface area contributed by atoms with Gasteiger partial charge in [0, 0.05) is 10.5 Å². The summed E-state index contributed by atoms with van der Waals surface area (Å²) < 4.78 is 40.8. The van der Waals surface area contributed by atoms with Crippen molar-refractivity contribution in [3.8, 4) is 5.75 Å². The molecule has 0 aromatic heterocycles. The van der Waals surface area contributed by atoms with Crippen LogP contribution in [0.4, 0.5) is 13.2 Å². The van der Waals surface area contributed by atoms with Crippen LogP contribution in [0.2, 0.25) is 0 Å². The van der Waals surface area contributed by atoms with E-state index in [0.29, 0.717) is 4.47 Å². The molecule has 0 aliphatic heterocycles. The van der Waals surface area contributed by atoms with Gasteiger partial charge in [0.25, 0.3) is 5.91 Å². The summed E-state index contributed by atoms with van der Waals surface area (Å²) >= 11 is 3.09. The molecule has 1 aromatic carbocycles. The Balaban J connectivity index is 3.07. The van der Waals surface area contributed by atoms with Gasteiger partial charge in [-0.25, -0.2) is 0 Å². The molecule has 0 radical (unpaired) electrons. The van der Waals surface area contributed by atoms with Crippen molar-refractivity contribution in [2.45, 2.75) is 26.3 Å². The number of amides is 1. The number of nitrogens with one attached hydrogen (secondary N) is 1. The summed E-state index contributed by atoms with van der Waals surface area (Å²) in [5.41, 5.74) is -0.171. The molecule has 0 aliphatic rings. The largest absolute Gasteiger partial charge is 0.573 e. The second-order valence-corrected chi connectivity index (χ2v) is 4.73. The lowest BCUT2D eigenvalue weighted by molar-refractivity contribution is -0.274. The van der Waals surface area contributed by atoms with Crippen molar-refractivity contribution in [3.05, 3.63) is 28.2 Å². The minimum atomic E-state index is -4.83. The van der Waals surface area contributed by atoms with Crippen LogP contribution in [0.15, 0.2) is 22.7 Å². The summed E-state index contributed by atoms with van der Waals surface area (Å²) in [7, 11) is 0. The molecule has 1 rings (SSSR count). The molecule has 0 saturated carbocycles.